The first-order valence-corrected chi connectivity index (χ1v) is 8.44. The van der Waals surface area contributed by atoms with Crippen molar-refractivity contribution in [3.63, 3.8) is 0 Å². The van der Waals surface area contributed by atoms with Gasteiger partial charge in [0.15, 0.2) is 0 Å². The first kappa shape index (κ1) is 19.5. The van der Waals surface area contributed by atoms with Crippen molar-refractivity contribution in [3.8, 4) is 0 Å². The highest BCUT2D eigenvalue weighted by molar-refractivity contribution is 6.30. The van der Waals surface area contributed by atoms with Gasteiger partial charge in [0.2, 0.25) is 17.7 Å². The maximum atomic E-state index is 12.1. The minimum atomic E-state index is -0.225. The molecule has 0 saturated carbocycles. The summed E-state index contributed by atoms with van der Waals surface area (Å²) in [5, 5.41) is 5.95. The topological polar surface area (TPSA) is 78.5 Å². The first-order chi connectivity index (χ1) is 12.3. The Labute approximate surface area is 157 Å². The molecular weight excluding hydrogens is 354 g/mol. The van der Waals surface area contributed by atoms with E-state index in [4.69, 9.17) is 11.6 Å². The number of carbonyl (C=O) groups excluding carboxylic acids is 3. The van der Waals surface area contributed by atoms with Gasteiger partial charge >= 0.3 is 0 Å². The molecule has 0 bridgehead atoms. The van der Waals surface area contributed by atoms with Gasteiger partial charge in [0.05, 0.1) is 0 Å². The lowest BCUT2D eigenvalue weighted by molar-refractivity contribution is -0.117. The third-order valence-electron chi connectivity index (χ3n) is 3.53. The monoisotopic (exact) mass is 373 g/mol. The second kappa shape index (κ2) is 9.01. The van der Waals surface area contributed by atoms with Gasteiger partial charge in [-0.1, -0.05) is 23.7 Å². The molecule has 0 saturated heterocycles. The van der Waals surface area contributed by atoms with Crippen LogP contribution in [0.2, 0.25) is 5.02 Å². The van der Waals surface area contributed by atoms with Crippen molar-refractivity contribution in [2.45, 2.75) is 20.3 Å². The summed E-state index contributed by atoms with van der Waals surface area (Å²) in [7, 11) is 0. The Morgan fingerprint density at radius 3 is 2.23 bits per heavy atom. The van der Waals surface area contributed by atoms with Crippen molar-refractivity contribution in [1.29, 1.82) is 0 Å². The molecule has 2 aromatic carbocycles. The zero-order chi connectivity index (χ0) is 19.1. The number of rotatable bonds is 6. The van der Waals surface area contributed by atoms with E-state index in [-0.39, 0.29) is 30.7 Å². The Kier molecular flexibility index (Phi) is 6.74. The van der Waals surface area contributed by atoms with Gasteiger partial charge in [0.25, 0.3) is 0 Å². The standard InChI is InChI=1S/C19H20ClN3O3/c1-13(24)21-17-7-4-8-18(12-17)23(14(2)25)10-9-19(26)22-16-6-3-5-15(20)11-16/h3-8,11-12H,9-10H2,1-2H3,(H,21,24)(H,22,26). The zero-order valence-electron chi connectivity index (χ0n) is 14.6. The second-order valence-corrected chi connectivity index (χ2v) is 6.15. The second-order valence-electron chi connectivity index (χ2n) is 5.71. The molecule has 0 heterocycles. The Balaban J connectivity index is 2.03. The highest BCUT2D eigenvalue weighted by Gasteiger charge is 2.14. The van der Waals surface area contributed by atoms with Crippen LogP contribution in [0, 0.1) is 0 Å². The SMILES string of the molecule is CC(=O)Nc1cccc(N(CCC(=O)Nc2cccc(Cl)c2)C(C)=O)c1. The van der Waals surface area contributed by atoms with Crippen LogP contribution in [-0.4, -0.2) is 24.3 Å². The molecule has 0 aliphatic rings. The molecule has 0 aliphatic heterocycles. The molecule has 26 heavy (non-hydrogen) atoms. The van der Waals surface area contributed by atoms with Crippen LogP contribution in [0.5, 0.6) is 0 Å². The number of hydrogen-bond acceptors (Lipinski definition) is 3. The molecule has 0 atom stereocenters. The maximum Gasteiger partial charge on any atom is 0.226 e. The molecule has 0 unspecified atom stereocenters. The molecule has 0 fully saturated rings. The first-order valence-electron chi connectivity index (χ1n) is 8.06. The Bertz CT molecular complexity index is 823. The Morgan fingerprint density at radius 1 is 0.962 bits per heavy atom. The number of nitrogens with zero attached hydrogens (tertiary/aromatic N) is 1. The van der Waals surface area contributed by atoms with Gasteiger partial charge in [-0.2, -0.15) is 0 Å². The van der Waals surface area contributed by atoms with E-state index in [0.29, 0.717) is 22.1 Å². The molecule has 7 heteroatoms. The molecule has 2 rings (SSSR count). The lowest BCUT2D eigenvalue weighted by Crippen LogP contribution is -2.32. The summed E-state index contributed by atoms with van der Waals surface area (Å²) in [6.45, 7) is 3.06. The number of anilines is 3. The number of amides is 3. The smallest absolute Gasteiger partial charge is 0.226 e. The van der Waals surface area contributed by atoms with Gasteiger partial charge in [-0.05, 0) is 36.4 Å². The summed E-state index contributed by atoms with van der Waals surface area (Å²) in [5.74, 6) is -0.616. The largest absolute Gasteiger partial charge is 0.326 e. The van der Waals surface area contributed by atoms with E-state index >= 15 is 0 Å². The fraction of sp³-hybridized carbons (Fsp3) is 0.211. The van der Waals surface area contributed by atoms with Crippen LogP contribution in [0.4, 0.5) is 17.1 Å². The van der Waals surface area contributed by atoms with E-state index in [1.54, 1.807) is 48.5 Å². The van der Waals surface area contributed by atoms with Crippen molar-refractivity contribution in [1.82, 2.24) is 0 Å². The van der Waals surface area contributed by atoms with E-state index in [9.17, 15) is 14.4 Å². The molecule has 3 amide bonds. The van der Waals surface area contributed by atoms with Crippen LogP contribution >= 0.6 is 11.6 Å². The molecular formula is C19H20ClN3O3. The number of hydrogen-bond donors (Lipinski definition) is 2. The van der Waals surface area contributed by atoms with Crippen LogP contribution in [0.25, 0.3) is 0 Å². The predicted octanol–water partition coefficient (Wildman–Crippen LogP) is 3.68. The number of halogens is 1. The average molecular weight is 374 g/mol. The molecule has 6 nitrogen and oxygen atoms in total. The zero-order valence-corrected chi connectivity index (χ0v) is 15.3. The Morgan fingerprint density at radius 2 is 1.62 bits per heavy atom. The normalized spacial score (nSPS) is 10.1. The van der Waals surface area contributed by atoms with Gasteiger partial charge in [-0.3, -0.25) is 14.4 Å². The van der Waals surface area contributed by atoms with E-state index in [1.165, 1.54) is 18.7 Å². The van der Waals surface area contributed by atoms with Crippen LogP contribution in [0.1, 0.15) is 20.3 Å². The van der Waals surface area contributed by atoms with Crippen molar-refractivity contribution >= 4 is 46.4 Å². The van der Waals surface area contributed by atoms with Crippen molar-refractivity contribution in [2.75, 3.05) is 22.1 Å². The van der Waals surface area contributed by atoms with Crippen molar-refractivity contribution < 1.29 is 14.4 Å². The summed E-state index contributed by atoms with van der Waals surface area (Å²) in [5.41, 5.74) is 1.80. The fourth-order valence-electron chi connectivity index (χ4n) is 2.43. The molecule has 0 spiro atoms. The predicted molar refractivity (Wildman–Crippen MR) is 103 cm³/mol. The average Bonchev–Trinajstić information content (AvgIpc) is 2.54. The molecule has 0 aliphatic carbocycles. The molecule has 0 radical (unpaired) electrons. The van der Waals surface area contributed by atoms with E-state index in [2.05, 4.69) is 10.6 Å². The molecule has 2 aromatic rings. The minimum absolute atomic E-state index is 0.121. The fourth-order valence-corrected chi connectivity index (χ4v) is 2.62. The van der Waals surface area contributed by atoms with Gasteiger partial charge in [0.1, 0.15) is 0 Å². The van der Waals surface area contributed by atoms with E-state index < -0.39 is 0 Å². The molecule has 2 N–H and O–H groups in total. The number of carbonyl (C=O) groups is 3. The lowest BCUT2D eigenvalue weighted by atomic mass is 10.2. The molecule has 0 aromatic heterocycles. The Hall–Kier alpha value is -2.86. The van der Waals surface area contributed by atoms with Gasteiger partial charge in [-0.25, -0.2) is 0 Å². The highest BCUT2D eigenvalue weighted by Crippen LogP contribution is 2.20. The van der Waals surface area contributed by atoms with Gasteiger partial charge in [-0.15, -0.1) is 0 Å². The van der Waals surface area contributed by atoms with Crippen molar-refractivity contribution in [3.05, 3.63) is 53.6 Å². The summed E-state index contributed by atoms with van der Waals surface area (Å²) >= 11 is 5.89. The number of benzene rings is 2. The quantitative estimate of drug-likeness (QED) is 0.810. The van der Waals surface area contributed by atoms with Gasteiger partial charge < -0.3 is 15.5 Å². The minimum Gasteiger partial charge on any atom is -0.326 e. The summed E-state index contributed by atoms with van der Waals surface area (Å²) < 4.78 is 0. The van der Waals surface area contributed by atoms with E-state index in [0.717, 1.165) is 0 Å². The van der Waals surface area contributed by atoms with E-state index in [1.807, 2.05) is 0 Å². The third-order valence-corrected chi connectivity index (χ3v) is 3.76. The van der Waals surface area contributed by atoms with Crippen LogP contribution in [0.3, 0.4) is 0 Å². The molecule has 136 valence electrons. The highest BCUT2D eigenvalue weighted by atomic mass is 35.5. The summed E-state index contributed by atoms with van der Waals surface area (Å²) in [4.78, 5) is 36.8. The maximum absolute atomic E-state index is 12.1. The van der Waals surface area contributed by atoms with Crippen molar-refractivity contribution in [2.24, 2.45) is 0 Å². The third kappa shape index (κ3) is 5.89. The van der Waals surface area contributed by atoms with Crippen LogP contribution in [-0.2, 0) is 14.4 Å². The number of nitrogens with one attached hydrogen (secondary N) is 2. The van der Waals surface area contributed by atoms with Gasteiger partial charge in [0, 0.05) is 48.9 Å². The summed E-state index contributed by atoms with van der Waals surface area (Å²) in [6, 6.07) is 13.8. The lowest BCUT2D eigenvalue weighted by Gasteiger charge is -2.21. The van der Waals surface area contributed by atoms with Crippen LogP contribution < -0.4 is 15.5 Å². The summed E-state index contributed by atoms with van der Waals surface area (Å²) in [6.07, 6.45) is 0.121. The van der Waals surface area contributed by atoms with Crippen LogP contribution in [0.15, 0.2) is 48.5 Å².